The summed E-state index contributed by atoms with van der Waals surface area (Å²) in [6, 6.07) is 19.8. The number of amides is 2. The fourth-order valence-corrected chi connectivity index (χ4v) is 2.38. The topological polar surface area (TPSA) is 40.6 Å². The highest BCUT2D eigenvalue weighted by molar-refractivity contribution is 5.83. The minimum absolute atomic E-state index is 0.0315. The number of benzene rings is 2. The van der Waals surface area contributed by atoms with Gasteiger partial charge in [0, 0.05) is 7.05 Å². The van der Waals surface area contributed by atoms with Crippen LogP contribution in [-0.4, -0.2) is 35.7 Å². The molecule has 4 heteroatoms. The Morgan fingerprint density at radius 3 is 1.88 bits per heavy atom. The molecule has 0 bridgehead atoms. The van der Waals surface area contributed by atoms with E-state index in [2.05, 4.69) is 32.9 Å². The van der Waals surface area contributed by atoms with Crippen molar-refractivity contribution in [1.82, 2.24) is 9.80 Å². The van der Waals surface area contributed by atoms with Gasteiger partial charge < -0.3 is 9.80 Å². The van der Waals surface area contributed by atoms with Crippen molar-refractivity contribution >= 4 is 12.3 Å². The van der Waals surface area contributed by atoms with Gasteiger partial charge in [-0.2, -0.15) is 0 Å². The summed E-state index contributed by atoms with van der Waals surface area (Å²) in [6.45, 7) is 6.50. The molecule has 1 fully saturated rings. The molecule has 1 atom stereocenters. The Morgan fingerprint density at radius 1 is 1.00 bits per heavy atom. The summed E-state index contributed by atoms with van der Waals surface area (Å²) < 4.78 is 0. The maximum atomic E-state index is 11.5. The fraction of sp³-hybridized carbons (Fsp3) is 0.333. The van der Waals surface area contributed by atoms with E-state index in [9.17, 15) is 9.59 Å². The second-order valence-corrected chi connectivity index (χ2v) is 5.93. The number of likely N-dealkylation sites (N-methyl/N-ethyl adjacent to an activating group) is 1. The zero-order valence-electron chi connectivity index (χ0n) is 15.6. The molecule has 2 amide bonds. The zero-order valence-corrected chi connectivity index (χ0v) is 15.6. The van der Waals surface area contributed by atoms with Crippen molar-refractivity contribution < 1.29 is 9.59 Å². The smallest absolute Gasteiger partial charge is 0.243 e. The monoisotopic (exact) mass is 340 g/mol. The number of rotatable bonds is 2. The van der Waals surface area contributed by atoms with Crippen LogP contribution in [0, 0.1) is 6.92 Å². The average Bonchev–Trinajstić information content (AvgIpc) is 2.92. The Morgan fingerprint density at radius 2 is 1.48 bits per heavy atom. The molecule has 0 N–H and O–H groups in total. The van der Waals surface area contributed by atoms with E-state index < -0.39 is 0 Å². The van der Waals surface area contributed by atoms with E-state index >= 15 is 0 Å². The van der Waals surface area contributed by atoms with Crippen molar-refractivity contribution in [3.05, 3.63) is 71.8 Å². The van der Waals surface area contributed by atoms with Crippen molar-refractivity contribution in [2.75, 3.05) is 13.6 Å². The molecule has 1 unspecified atom stereocenters. The second kappa shape index (κ2) is 11.0. The maximum absolute atomic E-state index is 11.5. The molecule has 0 aromatic heterocycles. The summed E-state index contributed by atoms with van der Waals surface area (Å²) in [6.07, 6.45) is 1.72. The van der Waals surface area contributed by atoms with E-state index in [1.807, 2.05) is 48.5 Å². The third-order valence-corrected chi connectivity index (χ3v) is 3.57. The van der Waals surface area contributed by atoms with Crippen molar-refractivity contribution in [1.29, 1.82) is 0 Å². The predicted octanol–water partition coefficient (Wildman–Crippen LogP) is 4.03. The van der Waals surface area contributed by atoms with Crippen LogP contribution in [0.25, 0.3) is 0 Å². The minimum Gasteiger partial charge on any atom is -0.320 e. The van der Waals surface area contributed by atoms with Gasteiger partial charge in [-0.3, -0.25) is 9.59 Å². The minimum atomic E-state index is -0.254. The molecule has 0 spiro atoms. The Hall–Kier alpha value is -2.62. The van der Waals surface area contributed by atoms with Crippen LogP contribution in [0.2, 0.25) is 0 Å². The van der Waals surface area contributed by atoms with E-state index in [4.69, 9.17) is 0 Å². The zero-order chi connectivity index (χ0) is 18.7. The Bertz CT molecular complexity index is 629. The third kappa shape index (κ3) is 6.42. The van der Waals surface area contributed by atoms with Gasteiger partial charge in [-0.1, -0.05) is 86.5 Å². The van der Waals surface area contributed by atoms with Crippen LogP contribution in [0.15, 0.2) is 60.7 Å². The van der Waals surface area contributed by atoms with Crippen LogP contribution in [0.1, 0.15) is 37.6 Å². The van der Waals surface area contributed by atoms with Crippen LogP contribution >= 0.6 is 0 Å². The van der Waals surface area contributed by atoms with Gasteiger partial charge in [0.1, 0.15) is 12.7 Å². The van der Waals surface area contributed by atoms with E-state index in [-0.39, 0.29) is 18.6 Å². The lowest BCUT2D eigenvalue weighted by Crippen LogP contribution is -2.28. The summed E-state index contributed by atoms with van der Waals surface area (Å²) in [5.41, 5.74) is 2.28. The third-order valence-electron chi connectivity index (χ3n) is 3.57. The first-order chi connectivity index (χ1) is 12.0. The van der Waals surface area contributed by atoms with Gasteiger partial charge in [0.2, 0.25) is 12.3 Å². The van der Waals surface area contributed by atoms with Crippen molar-refractivity contribution in [2.45, 2.75) is 33.4 Å². The fourth-order valence-electron chi connectivity index (χ4n) is 2.38. The van der Waals surface area contributed by atoms with Crippen LogP contribution in [0.3, 0.4) is 0 Å². The van der Waals surface area contributed by atoms with Crippen LogP contribution in [0.5, 0.6) is 0 Å². The molecule has 2 aromatic rings. The highest BCUT2D eigenvalue weighted by Crippen LogP contribution is 2.27. The summed E-state index contributed by atoms with van der Waals surface area (Å²) in [5, 5.41) is 0. The molecular weight excluding hydrogens is 312 g/mol. The van der Waals surface area contributed by atoms with E-state index in [1.54, 1.807) is 11.9 Å². The first-order valence-electron chi connectivity index (χ1n) is 8.58. The van der Waals surface area contributed by atoms with Crippen molar-refractivity contribution in [2.24, 2.45) is 0 Å². The standard InChI is InChI=1S/C11H12N2O2.C7H8.C3H8/c1-12-10(15)7-13(8-14)11(12)9-5-3-2-4-6-9;1-7-5-3-2-4-6-7;1-3-2/h2-6,8,11H,7H2,1H3;2-6H,1H3;3H2,1-2H3. The number of nitrogens with zero attached hydrogens (tertiary/aromatic N) is 2. The van der Waals surface area contributed by atoms with Crippen LogP contribution in [-0.2, 0) is 9.59 Å². The van der Waals surface area contributed by atoms with Crippen LogP contribution in [0.4, 0.5) is 0 Å². The van der Waals surface area contributed by atoms with Gasteiger partial charge in [0.05, 0.1) is 0 Å². The van der Waals surface area contributed by atoms with Crippen LogP contribution < -0.4 is 0 Å². The predicted molar refractivity (Wildman–Crippen MR) is 102 cm³/mol. The molecule has 0 radical (unpaired) electrons. The number of carbonyl (C=O) groups is 2. The van der Waals surface area contributed by atoms with Crippen molar-refractivity contribution in [3.63, 3.8) is 0 Å². The van der Waals surface area contributed by atoms with Gasteiger partial charge >= 0.3 is 0 Å². The molecule has 25 heavy (non-hydrogen) atoms. The summed E-state index contributed by atoms with van der Waals surface area (Å²) in [5.74, 6) is -0.0315. The normalized spacial score (nSPS) is 15.7. The lowest BCUT2D eigenvalue weighted by atomic mass is 10.1. The quantitative estimate of drug-likeness (QED) is 0.775. The lowest BCUT2D eigenvalue weighted by Gasteiger charge is -2.24. The summed E-state index contributed by atoms with van der Waals surface area (Å²) in [4.78, 5) is 25.4. The van der Waals surface area contributed by atoms with E-state index in [0.717, 1.165) is 12.0 Å². The van der Waals surface area contributed by atoms with Gasteiger partial charge in [-0.15, -0.1) is 0 Å². The molecule has 134 valence electrons. The van der Waals surface area contributed by atoms with Gasteiger partial charge in [0.25, 0.3) is 0 Å². The first kappa shape index (κ1) is 20.4. The second-order valence-electron chi connectivity index (χ2n) is 5.93. The van der Waals surface area contributed by atoms with Crippen molar-refractivity contribution in [3.8, 4) is 0 Å². The largest absolute Gasteiger partial charge is 0.320 e. The Balaban J connectivity index is 0.000000260. The molecule has 1 aliphatic rings. The molecule has 1 aliphatic heterocycles. The van der Waals surface area contributed by atoms with Gasteiger partial charge in [-0.25, -0.2) is 0 Å². The van der Waals surface area contributed by atoms with Gasteiger partial charge in [0.15, 0.2) is 0 Å². The number of aryl methyl sites for hydroxylation is 1. The SMILES string of the molecule is CCC.CN1C(=O)CN(C=O)C1c1ccccc1.Cc1ccccc1. The molecule has 0 aliphatic carbocycles. The molecule has 1 heterocycles. The summed E-state index contributed by atoms with van der Waals surface area (Å²) in [7, 11) is 1.71. The Kier molecular flexibility index (Phi) is 9.01. The summed E-state index contributed by atoms with van der Waals surface area (Å²) >= 11 is 0. The molecule has 2 aromatic carbocycles. The highest BCUT2D eigenvalue weighted by Gasteiger charge is 2.35. The average molecular weight is 340 g/mol. The van der Waals surface area contributed by atoms with E-state index in [1.165, 1.54) is 16.9 Å². The maximum Gasteiger partial charge on any atom is 0.243 e. The highest BCUT2D eigenvalue weighted by atomic mass is 16.2. The number of hydrogen-bond acceptors (Lipinski definition) is 2. The number of carbonyl (C=O) groups excluding carboxylic acids is 2. The lowest BCUT2D eigenvalue weighted by molar-refractivity contribution is -0.126. The molecule has 1 saturated heterocycles. The molecular formula is C21H28N2O2. The molecule has 4 nitrogen and oxygen atoms in total. The number of hydrogen-bond donors (Lipinski definition) is 0. The first-order valence-corrected chi connectivity index (χ1v) is 8.58. The molecule has 3 rings (SSSR count). The van der Waals surface area contributed by atoms with E-state index in [0.29, 0.717) is 0 Å². The Labute approximate surface area is 151 Å². The molecule has 0 saturated carbocycles. The van der Waals surface area contributed by atoms with Gasteiger partial charge in [-0.05, 0) is 12.5 Å².